The minimum absolute atomic E-state index is 0.575. The highest BCUT2D eigenvalue weighted by Gasteiger charge is 2.22. The largest absolute Gasteiger partial charge is 0.356 e. The molecular weight excluding hydrogens is 302 g/mol. The normalized spacial score (nSPS) is 14.9. The number of rotatable bonds is 5. The number of aromatic nitrogens is 2. The van der Waals surface area contributed by atoms with Gasteiger partial charge in [-0.1, -0.05) is 16.8 Å². The molecule has 0 saturated heterocycles. The summed E-state index contributed by atoms with van der Waals surface area (Å²) in [6.07, 6.45) is 3.08. The Labute approximate surface area is 134 Å². The van der Waals surface area contributed by atoms with Crippen LogP contribution in [0.15, 0.2) is 33.8 Å². The molecule has 1 saturated carbocycles. The Kier molecular flexibility index (Phi) is 4.58. The van der Waals surface area contributed by atoms with E-state index in [1.54, 1.807) is 7.05 Å². The van der Waals surface area contributed by atoms with Gasteiger partial charge in [0.05, 0.1) is 0 Å². The van der Waals surface area contributed by atoms with E-state index >= 15 is 0 Å². The van der Waals surface area contributed by atoms with Crippen molar-refractivity contribution in [1.82, 2.24) is 20.8 Å². The second-order valence-electron chi connectivity index (χ2n) is 5.19. The summed E-state index contributed by atoms with van der Waals surface area (Å²) in [5.74, 6) is 1.99. The van der Waals surface area contributed by atoms with Crippen LogP contribution in [0.25, 0.3) is 11.4 Å². The molecule has 2 aromatic rings. The fraction of sp³-hybridized carbons (Fsp3) is 0.400. The van der Waals surface area contributed by atoms with Crippen LogP contribution >= 0.6 is 11.6 Å². The minimum Gasteiger partial charge on any atom is -0.356 e. The molecule has 1 heterocycles. The second kappa shape index (κ2) is 6.79. The predicted molar refractivity (Wildman–Crippen MR) is 86.0 cm³/mol. The van der Waals surface area contributed by atoms with Gasteiger partial charge in [0.1, 0.15) is 0 Å². The van der Waals surface area contributed by atoms with Crippen molar-refractivity contribution in [2.24, 2.45) is 4.99 Å². The number of aliphatic imine (C=N–C) groups is 1. The summed E-state index contributed by atoms with van der Waals surface area (Å²) in [4.78, 5) is 8.56. The van der Waals surface area contributed by atoms with Gasteiger partial charge in [-0.25, -0.2) is 0 Å². The standard InChI is InChI=1S/C15H18ClN5O/c1-17-15(19-12-6-7-12)18-9-8-13-20-14(21-22-13)10-2-4-11(16)5-3-10/h2-5,12H,6-9H2,1H3,(H2,17,18,19). The summed E-state index contributed by atoms with van der Waals surface area (Å²) < 4.78 is 5.26. The molecular formula is C15H18ClN5O. The molecule has 0 amide bonds. The third-order valence-electron chi connectivity index (χ3n) is 3.34. The number of halogens is 1. The highest BCUT2D eigenvalue weighted by Crippen LogP contribution is 2.19. The van der Waals surface area contributed by atoms with Crippen LogP contribution in [0.4, 0.5) is 0 Å². The number of hydrogen-bond acceptors (Lipinski definition) is 4. The first-order valence-electron chi connectivity index (χ1n) is 7.30. The number of hydrogen-bond donors (Lipinski definition) is 2. The van der Waals surface area contributed by atoms with Gasteiger partial charge < -0.3 is 15.2 Å². The third-order valence-corrected chi connectivity index (χ3v) is 3.60. The topological polar surface area (TPSA) is 75.3 Å². The van der Waals surface area contributed by atoms with Crippen molar-refractivity contribution < 1.29 is 4.52 Å². The summed E-state index contributed by atoms with van der Waals surface area (Å²) in [6, 6.07) is 7.93. The molecule has 0 unspecified atom stereocenters. The van der Waals surface area contributed by atoms with Crippen molar-refractivity contribution in [2.75, 3.05) is 13.6 Å². The molecule has 0 spiro atoms. The zero-order chi connectivity index (χ0) is 15.4. The van der Waals surface area contributed by atoms with Crippen LogP contribution in [0.2, 0.25) is 5.02 Å². The van der Waals surface area contributed by atoms with Gasteiger partial charge in [-0.2, -0.15) is 4.98 Å². The van der Waals surface area contributed by atoms with E-state index in [2.05, 4.69) is 25.8 Å². The SMILES string of the molecule is CN=C(NCCc1nc(-c2ccc(Cl)cc2)no1)NC1CC1. The van der Waals surface area contributed by atoms with E-state index in [1.165, 1.54) is 12.8 Å². The Balaban J connectivity index is 1.52. The molecule has 6 nitrogen and oxygen atoms in total. The lowest BCUT2D eigenvalue weighted by molar-refractivity contribution is 0.378. The van der Waals surface area contributed by atoms with Gasteiger partial charge in [-0.05, 0) is 37.1 Å². The van der Waals surface area contributed by atoms with E-state index in [-0.39, 0.29) is 0 Å². The zero-order valence-electron chi connectivity index (χ0n) is 12.3. The van der Waals surface area contributed by atoms with Gasteiger partial charge >= 0.3 is 0 Å². The molecule has 1 aromatic heterocycles. The lowest BCUT2D eigenvalue weighted by Crippen LogP contribution is -2.39. The van der Waals surface area contributed by atoms with Crippen LogP contribution in [-0.4, -0.2) is 35.7 Å². The summed E-state index contributed by atoms with van der Waals surface area (Å²) in [6.45, 7) is 0.689. The third kappa shape index (κ3) is 3.98. The molecule has 0 radical (unpaired) electrons. The second-order valence-corrected chi connectivity index (χ2v) is 5.62. The van der Waals surface area contributed by atoms with Crippen LogP contribution in [0.1, 0.15) is 18.7 Å². The quantitative estimate of drug-likeness (QED) is 0.653. The molecule has 3 rings (SSSR count). The van der Waals surface area contributed by atoms with Crippen LogP contribution in [0.5, 0.6) is 0 Å². The molecule has 0 atom stereocenters. The highest BCUT2D eigenvalue weighted by molar-refractivity contribution is 6.30. The van der Waals surface area contributed by atoms with E-state index in [0.29, 0.717) is 35.7 Å². The van der Waals surface area contributed by atoms with E-state index in [1.807, 2.05) is 24.3 Å². The van der Waals surface area contributed by atoms with Crippen LogP contribution < -0.4 is 10.6 Å². The summed E-state index contributed by atoms with van der Waals surface area (Å²) in [5, 5.41) is 11.2. The lowest BCUT2D eigenvalue weighted by Gasteiger charge is -2.09. The first-order chi connectivity index (χ1) is 10.7. The lowest BCUT2D eigenvalue weighted by atomic mass is 10.2. The Morgan fingerprint density at radius 3 is 2.82 bits per heavy atom. The molecule has 2 N–H and O–H groups in total. The highest BCUT2D eigenvalue weighted by atomic mass is 35.5. The molecule has 0 bridgehead atoms. The van der Waals surface area contributed by atoms with Crippen molar-refractivity contribution in [3.63, 3.8) is 0 Å². The van der Waals surface area contributed by atoms with Crippen LogP contribution in [-0.2, 0) is 6.42 Å². The Hall–Kier alpha value is -2.08. The number of nitrogens with one attached hydrogen (secondary N) is 2. The van der Waals surface area contributed by atoms with Gasteiger partial charge in [0.2, 0.25) is 11.7 Å². The van der Waals surface area contributed by atoms with E-state index in [9.17, 15) is 0 Å². The van der Waals surface area contributed by atoms with E-state index in [0.717, 1.165) is 11.5 Å². The predicted octanol–water partition coefficient (Wildman–Crippen LogP) is 2.26. The van der Waals surface area contributed by atoms with Crippen molar-refractivity contribution in [3.8, 4) is 11.4 Å². The zero-order valence-corrected chi connectivity index (χ0v) is 13.1. The molecule has 1 aliphatic rings. The molecule has 1 fully saturated rings. The molecule has 1 aliphatic carbocycles. The molecule has 7 heteroatoms. The van der Waals surface area contributed by atoms with Gasteiger partial charge in [-0.15, -0.1) is 0 Å². The van der Waals surface area contributed by atoms with Crippen molar-refractivity contribution in [1.29, 1.82) is 0 Å². The average molecular weight is 320 g/mol. The Morgan fingerprint density at radius 2 is 2.14 bits per heavy atom. The van der Waals surface area contributed by atoms with Crippen LogP contribution in [0.3, 0.4) is 0 Å². The van der Waals surface area contributed by atoms with Gasteiger partial charge in [0.15, 0.2) is 5.96 Å². The smallest absolute Gasteiger partial charge is 0.228 e. The van der Waals surface area contributed by atoms with E-state index < -0.39 is 0 Å². The summed E-state index contributed by atoms with van der Waals surface area (Å²) in [5.41, 5.74) is 0.888. The number of guanidine groups is 1. The maximum Gasteiger partial charge on any atom is 0.228 e. The Morgan fingerprint density at radius 1 is 1.36 bits per heavy atom. The fourth-order valence-electron chi connectivity index (χ4n) is 1.98. The average Bonchev–Trinajstić information content (AvgIpc) is 3.23. The maximum absolute atomic E-state index is 5.87. The summed E-state index contributed by atoms with van der Waals surface area (Å²) >= 11 is 5.87. The monoisotopic (exact) mass is 319 g/mol. The van der Waals surface area contributed by atoms with Crippen molar-refractivity contribution in [3.05, 3.63) is 35.2 Å². The van der Waals surface area contributed by atoms with Crippen molar-refractivity contribution in [2.45, 2.75) is 25.3 Å². The summed E-state index contributed by atoms with van der Waals surface area (Å²) in [7, 11) is 1.77. The Bertz CT molecular complexity index is 648. The first kappa shape index (κ1) is 14.8. The number of benzene rings is 1. The van der Waals surface area contributed by atoms with E-state index in [4.69, 9.17) is 16.1 Å². The minimum atomic E-state index is 0.575. The van der Waals surface area contributed by atoms with Gasteiger partial charge in [-0.3, -0.25) is 4.99 Å². The fourth-order valence-corrected chi connectivity index (χ4v) is 2.10. The first-order valence-corrected chi connectivity index (χ1v) is 7.68. The van der Waals surface area contributed by atoms with Crippen LogP contribution in [0, 0.1) is 0 Å². The van der Waals surface area contributed by atoms with Gasteiger partial charge in [0.25, 0.3) is 0 Å². The van der Waals surface area contributed by atoms with Gasteiger partial charge in [0, 0.05) is 36.6 Å². The maximum atomic E-state index is 5.87. The number of nitrogens with zero attached hydrogens (tertiary/aromatic N) is 3. The molecule has 0 aliphatic heterocycles. The molecule has 116 valence electrons. The molecule has 22 heavy (non-hydrogen) atoms. The van der Waals surface area contributed by atoms with Crippen molar-refractivity contribution >= 4 is 17.6 Å². The molecule has 1 aromatic carbocycles.